The molecular weight excluding hydrogens is 186 g/mol. The predicted molar refractivity (Wildman–Crippen MR) is 50.5 cm³/mol. The number of nitrogens with zero attached hydrogens (tertiary/aromatic N) is 1. The van der Waals surface area contributed by atoms with Crippen molar-refractivity contribution in [2.45, 2.75) is 12.8 Å². The molecule has 13 heavy (non-hydrogen) atoms. The summed E-state index contributed by atoms with van der Waals surface area (Å²) in [6.07, 6.45) is 0. The molecule has 0 amide bonds. The molecular formula is C10H8ClNO. The van der Waals surface area contributed by atoms with Gasteiger partial charge < -0.3 is 0 Å². The van der Waals surface area contributed by atoms with Crippen LogP contribution in [0.3, 0.4) is 0 Å². The molecule has 0 saturated heterocycles. The lowest BCUT2D eigenvalue weighted by molar-refractivity contribution is -0.117. The SMILES string of the molecule is CC(=O)C(C#N)c1ccc(Cl)cc1. The van der Waals surface area contributed by atoms with Crippen LogP contribution < -0.4 is 0 Å². The average Bonchev–Trinajstić information content (AvgIpc) is 2.09. The lowest BCUT2D eigenvalue weighted by Crippen LogP contribution is -2.05. The Hall–Kier alpha value is -1.33. The first-order valence-electron chi connectivity index (χ1n) is 3.80. The summed E-state index contributed by atoms with van der Waals surface area (Å²) in [7, 11) is 0. The van der Waals surface area contributed by atoms with Crippen molar-refractivity contribution in [1.29, 1.82) is 5.26 Å². The van der Waals surface area contributed by atoms with E-state index in [0.717, 1.165) is 0 Å². The molecule has 0 saturated carbocycles. The molecule has 1 aromatic carbocycles. The minimum Gasteiger partial charge on any atom is -0.298 e. The lowest BCUT2D eigenvalue weighted by Gasteiger charge is -2.04. The zero-order chi connectivity index (χ0) is 9.84. The van der Waals surface area contributed by atoms with Gasteiger partial charge in [0.15, 0.2) is 5.78 Å². The Balaban J connectivity index is 3.01. The fraction of sp³-hybridized carbons (Fsp3) is 0.200. The van der Waals surface area contributed by atoms with Gasteiger partial charge in [-0.1, -0.05) is 23.7 Å². The van der Waals surface area contributed by atoms with Crippen molar-refractivity contribution >= 4 is 17.4 Å². The fourth-order valence-electron chi connectivity index (χ4n) is 1.06. The van der Waals surface area contributed by atoms with E-state index in [1.807, 2.05) is 6.07 Å². The van der Waals surface area contributed by atoms with Crippen LogP contribution in [0.15, 0.2) is 24.3 Å². The van der Waals surface area contributed by atoms with Gasteiger partial charge in [0.05, 0.1) is 6.07 Å². The van der Waals surface area contributed by atoms with Crippen molar-refractivity contribution in [3.63, 3.8) is 0 Å². The molecule has 2 nitrogen and oxygen atoms in total. The van der Waals surface area contributed by atoms with Crippen LogP contribution in [0.25, 0.3) is 0 Å². The molecule has 66 valence electrons. The minimum atomic E-state index is -0.669. The summed E-state index contributed by atoms with van der Waals surface area (Å²) in [5.41, 5.74) is 0.694. The van der Waals surface area contributed by atoms with Crippen molar-refractivity contribution < 1.29 is 4.79 Å². The first kappa shape index (κ1) is 9.76. The Bertz CT molecular complexity index is 350. The average molecular weight is 194 g/mol. The van der Waals surface area contributed by atoms with E-state index in [0.29, 0.717) is 10.6 Å². The highest BCUT2D eigenvalue weighted by Gasteiger charge is 2.14. The molecule has 0 spiro atoms. The molecule has 3 heteroatoms. The third kappa shape index (κ3) is 2.30. The van der Waals surface area contributed by atoms with Gasteiger partial charge in [-0.3, -0.25) is 4.79 Å². The Morgan fingerprint density at radius 3 is 2.38 bits per heavy atom. The number of hydrogen-bond donors (Lipinski definition) is 0. The highest BCUT2D eigenvalue weighted by Crippen LogP contribution is 2.18. The maximum atomic E-state index is 11.0. The van der Waals surface area contributed by atoms with Crippen LogP contribution in [0.5, 0.6) is 0 Å². The number of rotatable bonds is 2. The normalized spacial score (nSPS) is 11.8. The molecule has 0 radical (unpaired) electrons. The third-order valence-corrected chi connectivity index (χ3v) is 1.99. The Kier molecular flexibility index (Phi) is 3.05. The van der Waals surface area contributed by atoms with Crippen LogP contribution in [0.1, 0.15) is 18.4 Å². The van der Waals surface area contributed by atoms with Crippen LogP contribution in [-0.2, 0) is 4.79 Å². The van der Waals surface area contributed by atoms with E-state index in [4.69, 9.17) is 16.9 Å². The van der Waals surface area contributed by atoms with E-state index >= 15 is 0 Å². The Labute approximate surface area is 81.7 Å². The van der Waals surface area contributed by atoms with Crippen molar-refractivity contribution in [2.24, 2.45) is 0 Å². The van der Waals surface area contributed by atoms with E-state index < -0.39 is 5.92 Å². The largest absolute Gasteiger partial charge is 0.298 e. The highest BCUT2D eigenvalue weighted by molar-refractivity contribution is 6.30. The van der Waals surface area contributed by atoms with Gasteiger partial charge in [-0.05, 0) is 24.6 Å². The summed E-state index contributed by atoms with van der Waals surface area (Å²) in [5.74, 6) is -0.818. The summed E-state index contributed by atoms with van der Waals surface area (Å²) in [6.45, 7) is 1.41. The quantitative estimate of drug-likeness (QED) is 0.724. The summed E-state index contributed by atoms with van der Waals surface area (Å²) in [5, 5.41) is 9.32. The summed E-state index contributed by atoms with van der Waals surface area (Å²) in [6, 6.07) is 8.67. The maximum Gasteiger partial charge on any atom is 0.151 e. The van der Waals surface area contributed by atoms with Gasteiger partial charge >= 0.3 is 0 Å². The second kappa shape index (κ2) is 4.06. The van der Waals surface area contributed by atoms with Crippen LogP contribution in [0, 0.1) is 11.3 Å². The second-order valence-corrected chi connectivity index (χ2v) is 3.16. The topological polar surface area (TPSA) is 40.9 Å². The van der Waals surface area contributed by atoms with E-state index in [-0.39, 0.29) is 5.78 Å². The van der Waals surface area contributed by atoms with E-state index in [9.17, 15) is 4.79 Å². The number of hydrogen-bond acceptors (Lipinski definition) is 2. The number of carbonyl (C=O) groups excluding carboxylic acids is 1. The molecule has 0 aliphatic carbocycles. The summed E-state index contributed by atoms with van der Waals surface area (Å²) in [4.78, 5) is 11.0. The predicted octanol–water partition coefficient (Wildman–Crippen LogP) is 2.54. The third-order valence-electron chi connectivity index (χ3n) is 1.74. The number of carbonyl (C=O) groups is 1. The minimum absolute atomic E-state index is 0.148. The van der Waals surface area contributed by atoms with Crippen molar-refractivity contribution in [2.75, 3.05) is 0 Å². The molecule has 0 aliphatic rings. The van der Waals surface area contributed by atoms with Gasteiger partial charge in [0.25, 0.3) is 0 Å². The number of benzene rings is 1. The fourth-order valence-corrected chi connectivity index (χ4v) is 1.18. The van der Waals surface area contributed by atoms with Crippen molar-refractivity contribution in [1.82, 2.24) is 0 Å². The highest BCUT2D eigenvalue weighted by atomic mass is 35.5. The first-order valence-corrected chi connectivity index (χ1v) is 4.18. The van der Waals surface area contributed by atoms with Crippen molar-refractivity contribution in [3.05, 3.63) is 34.9 Å². The van der Waals surface area contributed by atoms with E-state index in [1.165, 1.54) is 6.92 Å². The molecule has 0 aromatic heterocycles. The molecule has 0 aliphatic heterocycles. The van der Waals surface area contributed by atoms with Gasteiger partial charge in [-0.15, -0.1) is 0 Å². The van der Waals surface area contributed by atoms with Crippen LogP contribution in [0.2, 0.25) is 5.02 Å². The molecule has 1 rings (SSSR count). The van der Waals surface area contributed by atoms with Crippen molar-refractivity contribution in [3.8, 4) is 6.07 Å². The zero-order valence-electron chi connectivity index (χ0n) is 7.12. The smallest absolute Gasteiger partial charge is 0.151 e. The van der Waals surface area contributed by atoms with Gasteiger partial charge in [-0.25, -0.2) is 0 Å². The summed E-state index contributed by atoms with van der Waals surface area (Å²) < 4.78 is 0. The Morgan fingerprint density at radius 1 is 1.46 bits per heavy atom. The molecule has 1 atom stereocenters. The lowest BCUT2D eigenvalue weighted by atomic mass is 9.97. The van der Waals surface area contributed by atoms with Gasteiger partial charge in [-0.2, -0.15) is 5.26 Å². The molecule has 0 fully saturated rings. The standard InChI is InChI=1S/C10H8ClNO/c1-7(13)10(6-12)8-2-4-9(11)5-3-8/h2-5,10H,1H3. The monoisotopic (exact) mass is 193 g/mol. The molecule has 1 unspecified atom stereocenters. The zero-order valence-corrected chi connectivity index (χ0v) is 7.88. The van der Waals surface area contributed by atoms with Crippen LogP contribution in [-0.4, -0.2) is 5.78 Å². The van der Waals surface area contributed by atoms with E-state index in [2.05, 4.69) is 0 Å². The molecule has 0 heterocycles. The maximum absolute atomic E-state index is 11.0. The van der Waals surface area contributed by atoms with Gasteiger partial charge in [0.2, 0.25) is 0 Å². The number of halogens is 1. The van der Waals surface area contributed by atoms with Gasteiger partial charge in [0, 0.05) is 5.02 Å². The molecule has 1 aromatic rings. The number of ketones is 1. The van der Waals surface area contributed by atoms with Gasteiger partial charge in [0.1, 0.15) is 5.92 Å². The Morgan fingerprint density at radius 2 is 2.00 bits per heavy atom. The van der Waals surface area contributed by atoms with Crippen LogP contribution in [0.4, 0.5) is 0 Å². The van der Waals surface area contributed by atoms with E-state index in [1.54, 1.807) is 24.3 Å². The molecule has 0 N–H and O–H groups in total. The number of nitriles is 1. The first-order chi connectivity index (χ1) is 6.15. The van der Waals surface area contributed by atoms with Crippen LogP contribution >= 0.6 is 11.6 Å². The second-order valence-electron chi connectivity index (χ2n) is 2.72. The molecule has 0 bridgehead atoms. The summed E-state index contributed by atoms with van der Waals surface area (Å²) >= 11 is 5.67. The number of Topliss-reactive ketones (excluding diaryl/α,β-unsaturated/α-hetero) is 1.